The molecule has 0 spiro atoms. The summed E-state index contributed by atoms with van der Waals surface area (Å²) in [7, 11) is 0. The van der Waals surface area contributed by atoms with Gasteiger partial charge in [0.05, 0.1) is 0 Å². The Kier molecular flexibility index (Phi) is 6.95. The lowest BCUT2D eigenvalue weighted by atomic mass is 9.87. The molecule has 0 bridgehead atoms. The van der Waals surface area contributed by atoms with Gasteiger partial charge >= 0.3 is 0 Å². The van der Waals surface area contributed by atoms with Crippen molar-refractivity contribution in [2.45, 2.75) is 46.6 Å². The van der Waals surface area contributed by atoms with E-state index in [1.165, 1.54) is 12.0 Å². The molecule has 0 aliphatic carbocycles. The van der Waals surface area contributed by atoms with Crippen molar-refractivity contribution in [2.75, 3.05) is 6.54 Å². The predicted molar refractivity (Wildman–Crippen MR) is 83.9 cm³/mol. The normalized spacial score (nSPS) is 14.8. The van der Waals surface area contributed by atoms with Gasteiger partial charge in [-0.1, -0.05) is 55.8 Å². The van der Waals surface area contributed by atoms with Gasteiger partial charge in [0.1, 0.15) is 0 Å². The Hall–Kier alpha value is -0.340. The molecular weight excluding hydrogens is 286 g/mol. The molecule has 1 N–H and O–H groups in total. The Morgan fingerprint density at radius 2 is 1.72 bits per heavy atom. The molecule has 0 saturated heterocycles. The number of hydrogen-bond acceptors (Lipinski definition) is 1. The van der Waals surface area contributed by atoms with Gasteiger partial charge in [0.15, 0.2) is 0 Å². The van der Waals surface area contributed by atoms with E-state index in [0.717, 1.165) is 17.4 Å². The summed E-state index contributed by atoms with van der Waals surface area (Å²) in [6.45, 7) is 10.3. The first kappa shape index (κ1) is 15.7. The Morgan fingerprint density at radius 1 is 1.11 bits per heavy atom. The topological polar surface area (TPSA) is 12.0 Å². The van der Waals surface area contributed by atoms with E-state index >= 15 is 0 Å². The van der Waals surface area contributed by atoms with Crippen molar-refractivity contribution in [2.24, 2.45) is 11.8 Å². The fourth-order valence-corrected chi connectivity index (χ4v) is 2.79. The highest BCUT2D eigenvalue weighted by atomic mass is 79.9. The number of benzene rings is 1. The van der Waals surface area contributed by atoms with Gasteiger partial charge in [-0.15, -0.1) is 0 Å². The van der Waals surface area contributed by atoms with Crippen LogP contribution in [0.2, 0.25) is 0 Å². The maximum absolute atomic E-state index is 3.69. The summed E-state index contributed by atoms with van der Waals surface area (Å²) < 4.78 is 1.16. The molecule has 0 heterocycles. The molecule has 1 aromatic carbocycles. The SMILES string of the molecule is CCCNC(C(C)C)C(C)Cc1ccc(Br)cc1. The van der Waals surface area contributed by atoms with Crippen LogP contribution in [-0.4, -0.2) is 12.6 Å². The van der Waals surface area contributed by atoms with Crippen molar-refractivity contribution < 1.29 is 0 Å². The molecule has 0 aromatic heterocycles. The summed E-state index contributed by atoms with van der Waals surface area (Å²) in [4.78, 5) is 0. The van der Waals surface area contributed by atoms with Crippen LogP contribution in [0, 0.1) is 11.8 Å². The zero-order valence-corrected chi connectivity index (χ0v) is 13.6. The van der Waals surface area contributed by atoms with E-state index in [2.05, 4.69) is 73.2 Å². The average Bonchev–Trinajstić information content (AvgIpc) is 2.32. The summed E-state index contributed by atoms with van der Waals surface area (Å²) in [6.07, 6.45) is 2.35. The number of nitrogens with one attached hydrogen (secondary N) is 1. The van der Waals surface area contributed by atoms with E-state index in [-0.39, 0.29) is 0 Å². The second-order valence-electron chi connectivity index (χ2n) is 5.53. The Morgan fingerprint density at radius 3 is 2.22 bits per heavy atom. The van der Waals surface area contributed by atoms with Gasteiger partial charge in [0, 0.05) is 10.5 Å². The van der Waals surface area contributed by atoms with Gasteiger partial charge in [-0.3, -0.25) is 0 Å². The maximum atomic E-state index is 3.69. The Labute approximate surface area is 120 Å². The van der Waals surface area contributed by atoms with E-state index in [0.29, 0.717) is 17.9 Å². The standard InChI is InChI=1S/C16H26BrN/c1-5-10-18-16(12(2)3)13(4)11-14-6-8-15(17)9-7-14/h6-9,12-13,16,18H,5,10-11H2,1-4H3. The third-order valence-electron chi connectivity index (χ3n) is 3.43. The lowest BCUT2D eigenvalue weighted by Crippen LogP contribution is -2.40. The molecule has 0 aliphatic rings. The smallest absolute Gasteiger partial charge is 0.0175 e. The van der Waals surface area contributed by atoms with Crippen LogP contribution < -0.4 is 5.32 Å². The summed E-state index contributed by atoms with van der Waals surface area (Å²) in [6, 6.07) is 9.31. The number of rotatable bonds is 7. The lowest BCUT2D eigenvalue weighted by Gasteiger charge is -2.29. The van der Waals surface area contributed by atoms with E-state index in [9.17, 15) is 0 Å². The molecule has 2 unspecified atom stereocenters. The van der Waals surface area contributed by atoms with Gasteiger partial charge in [-0.2, -0.15) is 0 Å². The monoisotopic (exact) mass is 311 g/mol. The van der Waals surface area contributed by atoms with Crippen LogP contribution in [0.5, 0.6) is 0 Å². The largest absolute Gasteiger partial charge is 0.313 e. The highest BCUT2D eigenvalue weighted by molar-refractivity contribution is 9.10. The summed E-state index contributed by atoms with van der Waals surface area (Å²) in [5.74, 6) is 1.35. The summed E-state index contributed by atoms with van der Waals surface area (Å²) >= 11 is 3.49. The highest BCUT2D eigenvalue weighted by Gasteiger charge is 2.20. The van der Waals surface area contributed by atoms with Gasteiger partial charge < -0.3 is 5.32 Å². The molecule has 18 heavy (non-hydrogen) atoms. The quantitative estimate of drug-likeness (QED) is 0.772. The number of halogens is 1. The van der Waals surface area contributed by atoms with E-state index in [1.54, 1.807) is 0 Å². The van der Waals surface area contributed by atoms with Crippen LogP contribution in [0.3, 0.4) is 0 Å². The van der Waals surface area contributed by atoms with Crippen molar-refractivity contribution in [1.82, 2.24) is 5.32 Å². The average molecular weight is 312 g/mol. The van der Waals surface area contributed by atoms with Gasteiger partial charge in [0.25, 0.3) is 0 Å². The van der Waals surface area contributed by atoms with Crippen molar-refractivity contribution in [3.63, 3.8) is 0 Å². The minimum absolute atomic E-state index is 0.605. The van der Waals surface area contributed by atoms with Gasteiger partial charge in [0.2, 0.25) is 0 Å². The van der Waals surface area contributed by atoms with Crippen LogP contribution in [-0.2, 0) is 6.42 Å². The molecule has 0 aliphatic heterocycles. The second-order valence-corrected chi connectivity index (χ2v) is 6.45. The molecule has 2 heteroatoms. The maximum Gasteiger partial charge on any atom is 0.0175 e. The molecule has 102 valence electrons. The predicted octanol–water partition coefficient (Wildman–Crippen LogP) is 4.65. The zero-order chi connectivity index (χ0) is 13.5. The molecule has 1 rings (SSSR count). The van der Waals surface area contributed by atoms with Crippen LogP contribution >= 0.6 is 15.9 Å². The van der Waals surface area contributed by atoms with Gasteiger partial charge in [-0.05, 0) is 48.9 Å². The Balaban J connectivity index is 2.60. The van der Waals surface area contributed by atoms with Gasteiger partial charge in [-0.25, -0.2) is 0 Å². The molecular formula is C16H26BrN. The first-order valence-electron chi connectivity index (χ1n) is 7.02. The van der Waals surface area contributed by atoms with Crippen LogP contribution in [0.25, 0.3) is 0 Å². The van der Waals surface area contributed by atoms with Crippen LogP contribution in [0.4, 0.5) is 0 Å². The minimum Gasteiger partial charge on any atom is -0.313 e. The van der Waals surface area contributed by atoms with E-state index < -0.39 is 0 Å². The van der Waals surface area contributed by atoms with Crippen molar-refractivity contribution in [3.8, 4) is 0 Å². The van der Waals surface area contributed by atoms with Crippen molar-refractivity contribution >= 4 is 15.9 Å². The Bertz CT molecular complexity index is 331. The molecule has 0 amide bonds. The van der Waals surface area contributed by atoms with Crippen LogP contribution in [0.1, 0.15) is 39.7 Å². The van der Waals surface area contributed by atoms with Crippen molar-refractivity contribution in [1.29, 1.82) is 0 Å². The molecule has 0 saturated carbocycles. The minimum atomic E-state index is 0.605. The fraction of sp³-hybridized carbons (Fsp3) is 0.625. The number of hydrogen-bond donors (Lipinski definition) is 1. The first-order chi connectivity index (χ1) is 8.54. The molecule has 1 nitrogen and oxygen atoms in total. The first-order valence-corrected chi connectivity index (χ1v) is 7.81. The third-order valence-corrected chi connectivity index (χ3v) is 3.96. The van der Waals surface area contributed by atoms with Crippen LogP contribution in [0.15, 0.2) is 28.7 Å². The highest BCUT2D eigenvalue weighted by Crippen LogP contribution is 2.19. The molecule has 0 fully saturated rings. The van der Waals surface area contributed by atoms with Crippen molar-refractivity contribution in [3.05, 3.63) is 34.3 Å². The molecule has 0 radical (unpaired) electrons. The molecule has 1 aromatic rings. The van der Waals surface area contributed by atoms with E-state index in [1.807, 2.05) is 0 Å². The summed E-state index contributed by atoms with van der Waals surface area (Å²) in [5.41, 5.74) is 1.43. The lowest BCUT2D eigenvalue weighted by molar-refractivity contribution is 0.297. The summed E-state index contributed by atoms with van der Waals surface area (Å²) in [5, 5.41) is 3.69. The second kappa shape index (κ2) is 7.96. The fourth-order valence-electron chi connectivity index (χ4n) is 2.52. The third kappa shape index (κ3) is 5.11. The van der Waals surface area contributed by atoms with E-state index in [4.69, 9.17) is 0 Å². The molecule has 2 atom stereocenters. The zero-order valence-electron chi connectivity index (χ0n) is 12.0.